The number of aryl methyl sites for hydroxylation is 1. The summed E-state index contributed by atoms with van der Waals surface area (Å²) in [4.78, 5) is 25.7. The van der Waals surface area contributed by atoms with Crippen molar-refractivity contribution in [3.63, 3.8) is 0 Å². The number of carbonyl (C=O) groups excluding carboxylic acids is 2. The molecule has 0 saturated carbocycles. The van der Waals surface area contributed by atoms with Gasteiger partial charge in [-0.3, -0.25) is 4.79 Å². The van der Waals surface area contributed by atoms with Gasteiger partial charge in [-0.05, 0) is 24.1 Å². The predicted octanol–water partition coefficient (Wildman–Crippen LogP) is 2.74. The fourth-order valence-electron chi connectivity index (χ4n) is 1.84. The minimum absolute atomic E-state index is 0.118. The van der Waals surface area contributed by atoms with Crippen molar-refractivity contribution in [2.75, 3.05) is 0 Å². The van der Waals surface area contributed by atoms with Crippen LogP contribution in [-0.2, 0) is 27.5 Å². The van der Waals surface area contributed by atoms with Gasteiger partial charge in [0, 0.05) is 6.92 Å². The van der Waals surface area contributed by atoms with Gasteiger partial charge in [0.1, 0.15) is 18.9 Å². The largest absolute Gasteiger partial charge is 0.459 e. The molecule has 0 atom stereocenters. The van der Waals surface area contributed by atoms with Crippen LogP contribution in [0.3, 0.4) is 0 Å². The summed E-state index contributed by atoms with van der Waals surface area (Å²) in [6, 6.07) is 11.1. The highest BCUT2D eigenvalue weighted by Gasteiger charge is 2.13. The van der Waals surface area contributed by atoms with Crippen LogP contribution in [0.25, 0.3) is 0 Å². The molecule has 21 heavy (non-hydrogen) atoms. The summed E-state index contributed by atoms with van der Waals surface area (Å²) in [7, 11) is 0. The summed E-state index contributed by atoms with van der Waals surface area (Å²) in [6.07, 6.45) is 0. The van der Waals surface area contributed by atoms with Gasteiger partial charge in [0.15, 0.2) is 0 Å². The van der Waals surface area contributed by atoms with Crippen molar-refractivity contribution in [1.29, 1.82) is 0 Å². The molecule has 0 aliphatic rings. The summed E-state index contributed by atoms with van der Waals surface area (Å²) in [5, 5.41) is 0. The van der Waals surface area contributed by atoms with Gasteiger partial charge in [-0.2, -0.15) is 0 Å². The van der Waals surface area contributed by atoms with Crippen molar-refractivity contribution in [3.05, 3.63) is 58.9 Å². The quantitative estimate of drug-likeness (QED) is 0.859. The third kappa shape index (κ3) is 4.21. The fourth-order valence-corrected chi connectivity index (χ4v) is 1.84. The molecule has 0 bridgehead atoms. The average Bonchev–Trinajstić information content (AvgIpc) is 2.85. The Morgan fingerprint density at radius 2 is 1.81 bits per heavy atom. The Morgan fingerprint density at radius 1 is 1.10 bits per heavy atom. The zero-order valence-electron chi connectivity index (χ0n) is 12.0. The van der Waals surface area contributed by atoms with Gasteiger partial charge < -0.3 is 14.5 Å². The van der Waals surface area contributed by atoms with Crippen LogP contribution in [0.2, 0.25) is 0 Å². The number of ether oxygens (including phenoxy) is 2. The molecule has 0 unspecified atom stereocenters. The third-order valence-electron chi connectivity index (χ3n) is 2.97. The number of hydrogen-bond acceptors (Lipinski definition) is 4. The Balaban J connectivity index is 1.96. The molecule has 110 valence electrons. The van der Waals surface area contributed by atoms with Crippen LogP contribution in [-0.4, -0.2) is 16.9 Å². The minimum Gasteiger partial charge on any atom is -0.459 e. The summed E-state index contributed by atoms with van der Waals surface area (Å²) in [6.45, 7) is 3.51. The van der Waals surface area contributed by atoms with E-state index in [0.29, 0.717) is 11.4 Å². The maximum absolute atomic E-state index is 12.0. The van der Waals surface area contributed by atoms with Gasteiger partial charge >= 0.3 is 11.9 Å². The highest BCUT2D eigenvalue weighted by atomic mass is 16.5. The van der Waals surface area contributed by atoms with E-state index in [1.165, 1.54) is 6.92 Å². The molecule has 0 aliphatic heterocycles. The molecule has 5 nitrogen and oxygen atoms in total. The first-order valence-electron chi connectivity index (χ1n) is 6.59. The number of aromatic nitrogens is 1. The van der Waals surface area contributed by atoms with Crippen LogP contribution in [0.15, 0.2) is 36.4 Å². The molecule has 1 aromatic carbocycles. The number of aromatic amines is 1. The van der Waals surface area contributed by atoms with Crippen LogP contribution in [0.1, 0.15) is 34.2 Å². The predicted molar refractivity (Wildman–Crippen MR) is 76.6 cm³/mol. The molecular formula is C16H17NO4. The molecular weight excluding hydrogens is 270 g/mol. The lowest BCUT2D eigenvalue weighted by Crippen LogP contribution is -2.06. The SMILES string of the molecule is CC(=O)OCc1[nH]c(C(=O)OCc2ccccc2)cc1C. The van der Waals surface area contributed by atoms with Gasteiger partial charge in [0.2, 0.25) is 0 Å². The topological polar surface area (TPSA) is 68.4 Å². The molecule has 0 fully saturated rings. The monoisotopic (exact) mass is 287 g/mol. The number of H-pyrrole nitrogens is 1. The first kappa shape index (κ1) is 14.8. The van der Waals surface area contributed by atoms with Crippen molar-refractivity contribution in [3.8, 4) is 0 Å². The Bertz CT molecular complexity index is 631. The molecule has 1 N–H and O–H groups in total. The Morgan fingerprint density at radius 3 is 2.48 bits per heavy atom. The van der Waals surface area contributed by atoms with E-state index in [-0.39, 0.29) is 19.2 Å². The number of rotatable bonds is 5. The zero-order valence-corrected chi connectivity index (χ0v) is 12.0. The lowest BCUT2D eigenvalue weighted by Gasteiger charge is -2.03. The van der Waals surface area contributed by atoms with E-state index in [0.717, 1.165) is 11.1 Å². The van der Waals surface area contributed by atoms with Crippen molar-refractivity contribution >= 4 is 11.9 Å². The fraction of sp³-hybridized carbons (Fsp3) is 0.250. The second-order valence-corrected chi connectivity index (χ2v) is 4.69. The van der Waals surface area contributed by atoms with E-state index in [2.05, 4.69) is 4.98 Å². The maximum atomic E-state index is 12.0. The second-order valence-electron chi connectivity index (χ2n) is 4.69. The van der Waals surface area contributed by atoms with E-state index >= 15 is 0 Å². The molecule has 2 aromatic rings. The van der Waals surface area contributed by atoms with Crippen LogP contribution < -0.4 is 0 Å². The van der Waals surface area contributed by atoms with Crippen LogP contribution >= 0.6 is 0 Å². The third-order valence-corrected chi connectivity index (χ3v) is 2.97. The molecule has 1 heterocycles. The van der Waals surface area contributed by atoms with Gasteiger partial charge in [-0.15, -0.1) is 0 Å². The van der Waals surface area contributed by atoms with Gasteiger partial charge in [0.05, 0.1) is 5.69 Å². The Hall–Kier alpha value is -2.56. The van der Waals surface area contributed by atoms with Gasteiger partial charge in [-0.1, -0.05) is 30.3 Å². The van der Waals surface area contributed by atoms with Gasteiger partial charge in [-0.25, -0.2) is 4.79 Å². The van der Waals surface area contributed by atoms with E-state index in [1.807, 2.05) is 37.3 Å². The average molecular weight is 287 g/mol. The molecule has 0 spiro atoms. The van der Waals surface area contributed by atoms with Crippen molar-refractivity contribution < 1.29 is 19.1 Å². The standard InChI is InChI=1S/C16H17NO4/c1-11-8-14(17-15(11)10-20-12(2)18)16(19)21-9-13-6-4-3-5-7-13/h3-8,17H,9-10H2,1-2H3. The minimum atomic E-state index is -0.434. The molecule has 5 heteroatoms. The van der Waals surface area contributed by atoms with E-state index < -0.39 is 5.97 Å². The lowest BCUT2D eigenvalue weighted by molar-refractivity contribution is -0.142. The molecule has 2 rings (SSSR count). The van der Waals surface area contributed by atoms with E-state index in [9.17, 15) is 9.59 Å². The Labute approximate surface area is 122 Å². The molecule has 1 aromatic heterocycles. The second kappa shape index (κ2) is 6.74. The summed E-state index contributed by atoms with van der Waals surface area (Å²) in [5.41, 5.74) is 2.82. The van der Waals surface area contributed by atoms with E-state index in [4.69, 9.17) is 9.47 Å². The van der Waals surface area contributed by atoms with Crippen molar-refractivity contribution in [2.24, 2.45) is 0 Å². The van der Waals surface area contributed by atoms with Crippen LogP contribution in [0.5, 0.6) is 0 Å². The van der Waals surface area contributed by atoms with Crippen LogP contribution in [0, 0.1) is 6.92 Å². The number of benzene rings is 1. The smallest absolute Gasteiger partial charge is 0.355 e. The highest BCUT2D eigenvalue weighted by Crippen LogP contribution is 2.13. The number of carbonyl (C=O) groups is 2. The van der Waals surface area contributed by atoms with Crippen LogP contribution in [0.4, 0.5) is 0 Å². The lowest BCUT2D eigenvalue weighted by atomic mass is 10.2. The summed E-state index contributed by atoms with van der Waals surface area (Å²) in [5.74, 6) is -0.798. The number of hydrogen-bond donors (Lipinski definition) is 1. The zero-order chi connectivity index (χ0) is 15.2. The summed E-state index contributed by atoms with van der Waals surface area (Å²) >= 11 is 0. The van der Waals surface area contributed by atoms with Crippen molar-refractivity contribution in [2.45, 2.75) is 27.1 Å². The molecule has 0 aliphatic carbocycles. The molecule has 0 saturated heterocycles. The van der Waals surface area contributed by atoms with E-state index in [1.54, 1.807) is 6.07 Å². The number of nitrogens with one attached hydrogen (secondary N) is 1. The maximum Gasteiger partial charge on any atom is 0.355 e. The first-order chi connectivity index (χ1) is 10.1. The Kier molecular flexibility index (Phi) is 4.77. The van der Waals surface area contributed by atoms with Crippen molar-refractivity contribution in [1.82, 2.24) is 4.98 Å². The molecule has 0 radical (unpaired) electrons. The number of esters is 2. The highest BCUT2D eigenvalue weighted by molar-refractivity contribution is 5.87. The summed E-state index contributed by atoms with van der Waals surface area (Å²) < 4.78 is 10.1. The normalized spacial score (nSPS) is 10.2. The molecule has 0 amide bonds. The van der Waals surface area contributed by atoms with Gasteiger partial charge in [0.25, 0.3) is 0 Å². The first-order valence-corrected chi connectivity index (χ1v) is 6.59.